The highest BCUT2D eigenvalue weighted by atomic mass is 31.2. The Balaban J connectivity index is 5.11. The molecule has 0 radical (unpaired) electrons. The van der Waals surface area contributed by atoms with Gasteiger partial charge in [0.2, 0.25) is 0 Å². The first-order chi connectivity index (χ1) is 12.1. The van der Waals surface area contributed by atoms with Crippen molar-refractivity contribution in [3.05, 3.63) is 0 Å². The fourth-order valence-electron chi connectivity index (χ4n) is 3.50. The highest BCUT2D eigenvalue weighted by molar-refractivity contribution is 7.76. The van der Waals surface area contributed by atoms with Gasteiger partial charge in [-0.2, -0.15) is 0 Å². The van der Waals surface area contributed by atoms with Crippen LogP contribution in [0.4, 0.5) is 0 Å². The van der Waals surface area contributed by atoms with Crippen molar-refractivity contribution in [2.75, 3.05) is 37.7 Å². The molecule has 0 N–H and O–H groups in total. The molecule has 2 nitrogen and oxygen atoms in total. The van der Waals surface area contributed by atoms with Crippen LogP contribution in [-0.4, -0.2) is 48.5 Å². The first kappa shape index (κ1) is 24.9. The third kappa shape index (κ3) is 11.3. The van der Waals surface area contributed by atoms with Gasteiger partial charge in [0.25, 0.3) is 5.91 Å². The zero-order valence-corrected chi connectivity index (χ0v) is 19.0. The van der Waals surface area contributed by atoms with E-state index in [-0.39, 0.29) is 0 Å². The van der Waals surface area contributed by atoms with Crippen molar-refractivity contribution in [1.29, 1.82) is 0 Å². The van der Waals surface area contributed by atoms with E-state index in [4.69, 9.17) is 0 Å². The van der Waals surface area contributed by atoms with Gasteiger partial charge >= 0.3 is 0 Å². The minimum atomic E-state index is -1.11. The Labute approximate surface area is 159 Å². The molecule has 0 fully saturated rings. The second-order valence-electron chi connectivity index (χ2n) is 7.82. The van der Waals surface area contributed by atoms with Crippen LogP contribution in [0, 0.1) is 0 Å². The SMILES string of the molecule is CCCCN(CCCC)C(=O)C[P+](CCCC)(CCCC)CCCC. The van der Waals surface area contributed by atoms with Gasteiger partial charge in [0.1, 0.15) is 6.16 Å². The van der Waals surface area contributed by atoms with Crippen LogP contribution in [-0.2, 0) is 4.79 Å². The fourth-order valence-corrected chi connectivity index (χ4v) is 8.38. The summed E-state index contributed by atoms with van der Waals surface area (Å²) in [6.45, 7) is 13.3. The van der Waals surface area contributed by atoms with Crippen molar-refractivity contribution in [2.45, 2.75) is 98.8 Å². The van der Waals surface area contributed by atoms with Gasteiger partial charge in [0.15, 0.2) is 0 Å². The second kappa shape index (κ2) is 16.1. The zero-order valence-electron chi connectivity index (χ0n) is 18.1. The lowest BCUT2D eigenvalue weighted by Crippen LogP contribution is -2.36. The Hall–Kier alpha value is -0.100. The van der Waals surface area contributed by atoms with Gasteiger partial charge < -0.3 is 4.90 Å². The summed E-state index contributed by atoms with van der Waals surface area (Å²) in [5.41, 5.74) is 0. The van der Waals surface area contributed by atoms with Crippen molar-refractivity contribution in [3.8, 4) is 0 Å². The van der Waals surface area contributed by atoms with Gasteiger partial charge in [-0.05, 0) is 32.1 Å². The Morgan fingerprint density at radius 1 is 0.640 bits per heavy atom. The first-order valence-electron chi connectivity index (χ1n) is 11.2. The predicted molar refractivity (Wildman–Crippen MR) is 118 cm³/mol. The molecule has 150 valence electrons. The summed E-state index contributed by atoms with van der Waals surface area (Å²) < 4.78 is 0. The molecule has 0 unspecified atom stereocenters. The van der Waals surface area contributed by atoms with Gasteiger partial charge in [-0.25, -0.2) is 0 Å². The van der Waals surface area contributed by atoms with Crippen molar-refractivity contribution < 1.29 is 4.79 Å². The molecule has 0 aromatic heterocycles. The maximum atomic E-state index is 13.2. The highest BCUT2D eigenvalue weighted by Crippen LogP contribution is 2.60. The molecule has 0 aliphatic heterocycles. The third-order valence-electron chi connectivity index (χ3n) is 5.34. The molecular weight excluding hydrogens is 325 g/mol. The van der Waals surface area contributed by atoms with Crippen LogP contribution in [0.15, 0.2) is 0 Å². The number of carbonyl (C=O) groups is 1. The molecule has 0 aliphatic carbocycles. The number of amides is 1. The molecule has 0 aromatic rings. The second-order valence-corrected chi connectivity index (χ2v) is 12.2. The van der Waals surface area contributed by atoms with Crippen LogP contribution in [0.1, 0.15) is 98.8 Å². The van der Waals surface area contributed by atoms with Crippen molar-refractivity contribution in [1.82, 2.24) is 4.90 Å². The summed E-state index contributed by atoms with van der Waals surface area (Å²) in [6.07, 6.45) is 17.4. The van der Waals surface area contributed by atoms with E-state index >= 15 is 0 Å². The van der Waals surface area contributed by atoms with E-state index in [1.54, 1.807) is 0 Å². The van der Waals surface area contributed by atoms with Crippen LogP contribution in [0.25, 0.3) is 0 Å². The Morgan fingerprint density at radius 3 is 1.32 bits per heavy atom. The lowest BCUT2D eigenvalue weighted by molar-refractivity contribution is -0.128. The van der Waals surface area contributed by atoms with Crippen molar-refractivity contribution in [3.63, 3.8) is 0 Å². The van der Waals surface area contributed by atoms with E-state index in [0.29, 0.717) is 5.91 Å². The van der Waals surface area contributed by atoms with Gasteiger partial charge in [-0.1, -0.05) is 66.7 Å². The van der Waals surface area contributed by atoms with Crippen LogP contribution in [0.2, 0.25) is 0 Å². The largest absolute Gasteiger partial charge is 0.340 e. The lowest BCUT2D eigenvalue weighted by atomic mass is 10.2. The minimum absolute atomic E-state index is 0.485. The molecule has 0 aromatic carbocycles. The standard InChI is InChI=1S/C22H47NOP/c1-6-11-16-23(17-12-7-2)22(24)21-25(18-13-8-3,19-14-9-4)20-15-10-5/h6-21H2,1-5H3/q+1. The van der Waals surface area contributed by atoms with Gasteiger partial charge in [0, 0.05) is 20.4 Å². The van der Waals surface area contributed by atoms with Crippen LogP contribution in [0.3, 0.4) is 0 Å². The highest BCUT2D eigenvalue weighted by Gasteiger charge is 2.39. The lowest BCUT2D eigenvalue weighted by Gasteiger charge is -2.30. The molecule has 0 aliphatic rings. The summed E-state index contributed by atoms with van der Waals surface area (Å²) in [6, 6.07) is 0. The molecule has 1 amide bonds. The molecule has 0 rings (SSSR count). The summed E-state index contributed by atoms with van der Waals surface area (Å²) in [4.78, 5) is 15.4. The van der Waals surface area contributed by atoms with E-state index in [1.807, 2.05) is 0 Å². The monoisotopic (exact) mass is 372 g/mol. The third-order valence-corrected chi connectivity index (χ3v) is 10.1. The number of carbonyl (C=O) groups excluding carboxylic acids is 1. The van der Waals surface area contributed by atoms with Crippen LogP contribution < -0.4 is 0 Å². The Bertz CT molecular complexity index is 289. The molecule has 0 spiro atoms. The number of unbranched alkanes of at least 4 members (excludes halogenated alkanes) is 5. The summed E-state index contributed by atoms with van der Waals surface area (Å²) in [5.74, 6) is 0.485. The molecule has 3 heteroatoms. The van der Waals surface area contributed by atoms with Crippen LogP contribution in [0.5, 0.6) is 0 Å². The average Bonchev–Trinajstić information content (AvgIpc) is 2.62. The number of nitrogens with zero attached hydrogens (tertiary/aromatic N) is 1. The first-order valence-corrected chi connectivity index (χ1v) is 13.7. The molecule has 0 heterocycles. The normalized spacial score (nSPS) is 11.7. The summed E-state index contributed by atoms with van der Waals surface area (Å²) in [5, 5.41) is 0. The van der Waals surface area contributed by atoms with Crippen molar-refractivity contribution >= 4 is 13.2 Å². The molecule has 0 saturated carbocycles. The Kier molecular flexibility index (Phi) is 16.0. The molecule has 25 heavy (non-hydrogen) atoms. The van der Waals surface area contributed by atoms with E-state index in [1.165, 1.54) is 69.9 Å². The average molecular weight is 373 g/mol. The van der Waals surface area contributed by atoms with Crippen molar-refractivity contribution in [2.24, 2.45) is 0 Å². The summed E-state index contributed by atoms with van der Waals surface area (Å²) in [7, 11) is -1.11. The fraction of sp³-hybridized carbons (Fsp3) is 0.955. The predicted octanol–water partition coefficient (Wildman–Crippen LogP) is 6.83. The maximum absolute atomic E-state index is 13.2. The molecular formula is C22H47NOP+. The zero-order chi connectivity index (χ0) is 19.0. The number of rotatable bonds is 17. The number of hydrogen-bond donors (Lipinski definition) is 0. The van der Waals surface area contributed by atoms with Gasteiger partial charge in [0.05, 0.1) is 18.5 Å². The number of hydrogen-bond acceptors (Lipinski definition) is 1. The van der Waals surface area contributed by atoms with E-state index in [0.717, 1.165) is 32.1 Å². The van der Waals surface area contributed by atoms with Crippen LogP contribution >= 0.6 is 7.26 Å². The molecule has 0 bridgehead atoms. The van der Waals surface area contributed by atoms with E-state index in [2.05, 4.69) is 39.5 Å². The smallest absolute Gasteiger partial charge is 0.260 e. The minimum Gasteiger partial charge on any atom is -0.340 e. The maximum Gasteiger partial charge on any atom is 0.260 e. The Morgan fingerprint density at radius 2 is 1.00 bits per heavy atom. The van der Waals surface area contributed by atoms with Gasteiger partial charge in [-0.15, -0.1) is 0 Å². The van der Waals surface area contributed by atoms with E-state index in [9.17, 15) is 4.79 Å². The molecule has 0 atom stereocenters. The summed E-state index contributed by atoms with van der Waals surface area (Å²) >= 11 is 0. The topological polar surface area (TPSA) is 20.3 Å². The van der Waals surface area contributed by atoms with Gasteiger partial charge in [-0.3, -0.25) is 4.79 Å². The van der Waals surface area contributed by atoms with E-state index < -0.39 is 7.26 Å². The molecule has 0 saturated heterocycles. The quantitative estimate of drug-likeness (QED) is 0.256.